The number of anilines is 1. The number of carbonyl (C=O) groups excluding carboxylic acids is 1. The Morgan fingerprint density at radius 3 is 2.83 bits per heavy atom. The number of halogens is 2. The number of hydrogen-bond donors (Lipinski definition) is 0. The molecule has 1 amide bonds. The number of alkyl halides is 1. The molecule has 0 aliphatic carbocycles. The number of nitro groups is 1. The SMILES string of the molecule is O=C1CC(CCl)CN1c1c(F)cccc1[N+](=O)[O-]. The molecule has 0 bridgehead atoms. The highest BCUT2D eigenvalue weighted by Crippen LogP contribution is 2.35. The minimum Gasteiger partial charge on any atom is -0.304 e. The maximum atomic E-state index is 13.7. The van der Waals surface area contributed by atoms with Crippen LogP contribution in [0.25, 0.3) is 0 Å². The summed E-state index contributed by atoms with van der Waals surface area (Å²) in [6.07, 6.45) is 0.189. The van der Waals surface area contributed by atoms with Gasteiger partial charge < -0.3 is 4.90 Å². The Hall–Kier alpha value is -1.69. The summed E-state index contributed by atoms with van der Waals surface area (Å²) in [5.41, 5.74) is -0.668. The van der Waals surface area contributed by atoms with E-state index in [-0.39, 0.29) is 36.4 Å². The smallest absolute Gasteiger partial charge is 0.296 e. The van der Waals surface area contributed by atoms with Crippen LogP contribution in [0.4, 0.5) is 15.8 Å². The second-order valence-corrected chi connectivity index (χ2v) is 4.40. The highest BCUT2D eigenvalue weighted by molar-refractivity contribution is 6.18. The van der Waals surface area contributed by atoms with Crippen LogP contribution in [0.15, 0.2) is 18.2 Å². The molecule has 18 heavy (non-hydrogen) atoms. The van der Waals surface area contributed by atoms with E-state index < -0.39 is 16.4 Å². The number of benzene rings is 1. The Labute approximate surface area is 107 Å². The van der Waals surface area contributed by atoms with Crippen molar-refractivity contribution in [2.75, 3.05) is 17.3 Å². The molecule has 1 aliphatic rings. The van der Waals surface area contributed by atoms with Crippen molar-refractivity contribution >= 4 is 28.9 Å². The molecule has 1 unspecified atom stereocenters. The Morgan fingerprint density at radius 1 is 1.56 bits per heavy atom. The van der Waals surface area contributed by atoms with Crippen LogP contribution in [0.1, 0.15) is 6.42 Å². The fourth-order valence-electron chi connectivity index (χ4n) is 2.02. The molecule has 7 heteroatoms. The lowest BCUT2D eigenvalue weighted by atomic mass is 10.1. The minimum absolute atomic E-state index is 0.0987. The average Bonchev–Trinajstić information content (AvgIpc) is 2.70. The van der Waals surface area contributed by atoms with E-state index in [4.69, 9.17) is 11.6 Å². The summed E-state index contributed by atoms with van der Waals surface area (Å²) in [5, 5.41) is 10.9. The van der Waals surface area contributed by atoms with Crippen LogP contribution < -0.4 is 4.90 Å². The molecule has 0 aromatic heterocycles. The lowest BCUT2D eigenvalue weighted by Gasteiger charge is -2.16. The Balaban J connectivity index is 2.45. The van der Waals surface area contributed by atoms with Gasteiger partial charge in [0, 0.05) is 24.9 Å². The molecular formula is C11H10ClFN2O3. The molecule has 1 heterocycles. The second-order valence-electron chi connectivity index (χ2n) is 4.09. The predicted molar refractivity (Wildman–Crippen MR) is 64.2 cm³/mol. The third-order valence-electron chi connectivity index (χ3n) is 2.86. The van der Waals surface area contributed by atoms with Crippen LogP contribution >= 0.6 is 11.6 Å². The summed E-state index contributed by atoms with van der Waals surface area (Å²) in [4.78, 5) is 23.0. The normalized spacial score (nSPS) is 19.3. The molecular weight excluding hydrogens is 263 g/mol. The van der Waals surface area contributed by atoms with E-state index in [1.807, 2.05) is 0 Å². The fourth-order valence-corrected chi connectivity index (χ4v) is 2.23. The van der Waals surface area contributed by atoms with E-state index in [2.05, 4.69) is 0 Å². The molecule has 0 spiro atoms. The van der Waals surface area contributed by atoms with E-state index in [0.717, 1.165) is 11.0 Å². The van der Waals surface area contributed by atoms with Crippen molar-refractivity contribution in [3.63, 3.8) is 0 Å². The van der Waals surface area contributed by atoms with Crippen LogP contribution in [0, 0.1) is 21.8 Å². The fraction of sp³-hybridized carbons (Fsp3) is 0.364. The number of nitrogens with zero attached hydrogens (tertiary/aromatic N) is 2. The largest absolute Gasteiger partial charge is 0.304 e. The maximum Gasteiger partial charge on any atom is 0.296 e. The van der Waals surface area contributed by atoms with Crippen molar-refractivity contribution < 1.29 is 14.1 Å². The van der Waals surface area contributed by atoms with Crippen LogP contribution in [0.5, 0.6) is 0 Å². The topological polar surface area (TPSA) is 63.5 Å². The Bertz CT molecular complexity index is 509. The molecule has 1 saturated heterocycles. The van der Waals surface area contributed by atoms with Crippen molar-refractivity contribution in [2.24, 2.45) is 5.92 Å². The average molecular weight is 273 g/mol. The number of para-hydroxylation sites is 1. The highest BCUT2D eigenvalue weighted by Gasteiger charge is 2.35. The third kappa shape index (κ3) is 2.15. The zero-order valence-corrected chi connectivity index (χ0v) is 10.1. The van der Waals surface area contributed by atoms with Gasteiger partial charge in [-0.25, -0.2) is 4.39 Å². The van der Waals surface area contributed by atoms with Gasteiger partial charge in [-0.15, -0.1) is 11.6 Å². The van der Waals surface area contributed by atoms with Crippen molar-refractivity contribution in [1.82, 2.24) is 0 Å². The number of carbonyl (C=O) groups is 1. The van der Waals surface area contributed by atoms with Crippen LogP contribution in [0.3, 0.4) is 0 Å². The quantitative estimate of drug-likeness (QED) is 0.482. The molecule has 1 atom stereocenters. The van der Waals surface area contributed by atoms with Crippen molar-refractivity contribution in [3.8, 4) is 0 Å². The number of hydrogen-bond acceptors (Lipinski definition) is 3. The van der Waals surface area contributed by atoms with E-state index in [9.17, 15) is 19.3 Å². The molecule has 1 aliphatic heterocycles. The molecule has 96 valence electrons. The van der Waals surface area contributed by atoms with Crippen LogP contribution in [0.2, 0.25) is 0 Å². The number of amides is 1. The lowest BCUT2D eigenvalue weighted by Crippen LogP contribution is -2.26. The van der Waals surface area contributed by atoms with Gasteiger partial charge in [-0.1, -0.05) is 6.07 Å². The number of rotatable bonds is 3. The van der Waals surface area contributed by atoms with Crippen molar-refractivity contribution in [3.05, 3.63) is 34.1 Å². The lowest BCUT2D eigenvalue weighted by molar-refractivity contribution is -0.384. The zero-order chi connectivity index (χ0) is 13.3. The third-order valence-corrected chi connectivity index (χ3v) is 3.29. The first-order valence-corrected chi connectivity index (χ1v) is 5.87. The summed E-state index contributed by atoms with van der Waals surface area (Å²) in [7, 11) is 0. The van der Waals surface area contributed by atoms with Gasteiger partial charge in [0.2, 0.25) is 5.91 Å². The predicted octanol–water partition coefficient (Wildman–Crippen LogP) is 2.33. The Kier molecular flexibility index (Phi) is 3.47. The van der Waals surface area contributed by atoms with Gasteiger partial charge in [-0.05, 0) is 12.0 Å². The summed E-state index contributed by atoms with van der Waals surface area (Å²) in [6.45, 7) is 0.212. The first-order chi connectivity index (χ1) is 8.54. The standard InChI is InChI=1S/C11H10ClFN2O3/c12-5-7-4-10(16)14(6-7)11-8(13)2-1-3-9(11)15(17)18/h1-3,7H,4-6H2. The first-order valence-electron chi connectivity index (χ1n) is 5.33. The molecule has 1 fully saturated rings. The van der Waals surface area contributed by atoms with Crippen molar-refractivity contribution in [1.29, 1.82) is 0 Å². The molecule has 0 radical (unpaired) electrons. The molecule has 0 N–H and O–H groups in total. The van der Waals surface area contributed by atoms with E-state index >= 15 is 0 Å². The monoisotopic (exact) mass is 272 g/mol. The summed E-state index contributed by atoms with van der Waals surface area (Å²) in [6, 6.07) is 3.53. The molecule has 5 nitrogen and oxygen atoms in total. The zero-order valence-electron chi connectivity index (χ0n) is 9.31. The highest BCUT2D eigenvalue weighted by atomic mass is 35.5. The van der Waals surface area contributed by atoms with Gasteiger partial charge in [0.15, 0.2) is 11.5 Å². The molecule has 2 rings (SSSR count). The van der Waals surface area contributed by atoms with Crippen molar-refractivity contribution in [2.45, 2.75) is 6.42 Å². The maximum absolute atomic E-state index is 13.7. The van der Waals surface area contributed by atoms with E-state index in [1.165, 1.54) is 12.1 Å². The summed E-state index contributed by atoms with van der Waals surface area (Å²) < 4.78 is 13.7. The van der Waals surface area contributed by atoms with Gasteiger partial charge in [-0.2, -0.15) is 0 Å². The number of nitro benzene ring substituents is 1. The van der Waals surface area contributed by atoms with Gasteiger partial charge in [0.05, 0.1) is 4.92 Å². The molecule has 1 aromatic carbocycles. The van der Waals surface area contributed by atoms with Gasteiger partial charge >= 0.3 is 0 Å². The molecule has 1 aromatic rings. The van der Waals surface area contributed by atoms with Crippen LogP contribution in [-0.4, -0.2) is 23.3 Å². The summed E-state index contributed by atoms with van der Waals surface area (Å²) in [5.74, 6) is -0.940. The minimum atomic E-state index is -0.771. The van der Waals surface area contributed by atoms with Crippen LogP contribution in [-0.2, 0) is 4.79 Å². The van der Waals surface area contributed by atoms with E-state index in [0.29, 0.717) is 0 Å². The Morgan fingerprint density at radius 2 is 2.28 bits per heavy atom. The van der Waals surface area contributed by atoms with Gasteiger partial charge in [0.1, 0.15) is 0 Å². The molecule has 0 saturated carbocycles. The van der Waals surface area contributed by atoms with Gasteiger partial charge in [-0.3, -0.25) is 14.9 Å². The first kappa shape index (κ1) is 12.8. The van der Waals surface area contributed by atoms with E-state index in [1.54, 1.807) is 0 Å². The van der Waals surface area contributed by atoms with Gasteiger partial charge in [0.25, 0.3) is 5.69 Å². The second kappa shape index (κ2) is 4.89. The summed E-state index contributed by atoms with van der Waals surface area (Å²) >= 11 is 5.66.